The van der Waals surface area contributed by atoms with Gasteiger partial charge in [-0.3, -0.25) is 4.79 Å². The molecule has 5 nitrogen and oxygen atoms in total. The highest BCUT2D eigenvalue weighted by Crippen LogP contribution is 2.21. The van der Waals surface area contributed by atoms with E-state index in [0.29, 0.717) is 18.9 Å². The Labute approximate surface area is 139 Å². The van der Waals surface area contributed by atoms with E-state index < -0.39 is 0 Å². The summed E-state index contributed by atoms with van der Waals surface area (Å²) in [7, 11) is 1.68. The van der Waals surface area contributed by atoms with E-state index in [0.717, 1.165) is 28.0 Å². The number of aromatic nitrogens is 2. The molecular formula is C15H21N3O2S2. The summed E-state index contributed by atoms with van der Waals surface area (Å²) in [6, 6.07) is 4.00. The van der Waals surface area contributed by atoms with Gasteiger partial charge in [-0.25, -0.2) is 4.98 Å². The maximum absolute atomic E-state index is 11.9. The van der Waals surface area contributed by atoms with Crippen molar-refractivity contribution in [2.75, 3.05) is 19.5 Å². The summed E-state index contributed by atoms with van der Waals surface area (Å²) in [5.41, 5.74) is 2.12. The van der Waals surface area contributed by atoms with Gasteiger partial charge in [0.2, 0.25) is 5.91 Å². The van der Waals surface area contributed by atoms with Gasteiger partial charge in [-0.1, -0.05) is 17.8 Å². The number of nitrogens with zero attached hydrogens (tertiary/aromatic N) is 2. The molecule has 0 aliphatic rings. The van der Waals surface area contributed by atoms with Crippen LogP contribution in [0, 0.1) is 13.8 Å². The lowest BCUT2D eigenvalue weighted by molar-refractivity contribution is -0.118. The van der Waals surface area contributed by atoms with E-state index in [9.17, 15) is 4.79 Å². The van der Waals surface area contributed by atoms with Crippen molar-refractivity contribution in [3.63, 3.8) is 0 Å². The molecule has 2 heterocycles. The summed E-state index contributed by atoms with van der Waals surface area (Å²) in [5.74, 6) is 0.392. The van der Waals surface area contributed by atoms with Gasteiger partial charge in [0.15, 0.2) is 5.16 Å². The van der Waals surface area contributed by atoms with Crippen molar-refractivity contribution < 1.29 is 9.53 Å². The molecule has 2 aromatic heterocycles. The molecule has 1 N–H and O–H groups in total. The molecule has 0 atom stereocenters. The van der Waals surface area contributed by atoms with Crippen molar-refractivity contribution in [2.24, 2.45) is 0 Å². The van der Waals surface area contributed by atoms with Crippen LogP contribution < -0.4 is 5.32 Å². The first-order chi connectivity index (χ1) is 10.6. The summed E-state index contributed by atoms with van der Waals surface area (Å²) in [5, 5.41) is 5.81. The van der Waals surface area contributed by atoms with Crippen molar-refractivity contribution in [2.45, 2.75) is 32.1 Å². The molecule has 0 unspecified atom stereocenters. The normalized spacial score (nSPS) is 10.9. The zero-order valence-electron chi connectivity index (χ0n) is 13.1. The number of rotatable bonds is 8. The highest BCUT2D eigenvalue weighted by molar-refractivity contribution is 7.99. The Morgan fingerprint density at radius 1 is 1.50 bits per heavy atom. The van der Waals surface area contributed by atoms with E-state index in [1.165, 1.54) is 11.8 Å². The zero-order chi connectivity index (χ0) is 15.9. The fourth-order valence-corrected chi connectivity index (χ4v) is 3.55. The van der Waals surface area contributed by atoms with Gasteiger partial charge in [0.25, 0.3) is 0 Å². The fourth-order valence-electron chi connectivity index (χ4n) is 1.96. The Balaban J connectivity index is 1.87. The standard InChI is InChI=1S/C15H21N3O2S2/c1-11-12(2)18(6-7-20-3)15(17-11)22-10-14(19)16-9-13-5-4-8-21-13/h4-5,8H,6-7,9-10H2,1-3H3,(H,16,19). The molecule has 0 radical (unpaired) electrons. The summed E-state index contributed by atoms with van der Waals surface area (Å²) in [4.78, 5) is 17.6. The van der Waals surface area contributed by atoms with E-state index in [1.54, 1.807) is 18.4 Å². The number of hydrogen-bond acceptors (Lipinski definition) is 5. The van der Waals surface area contributed by atoms with Gasteiger partial charge in [0, 0.05) is 24.2 Å². The molecule has 7 heteroatoms. The van der Waals surface area contributed by atoms with Crippen LogP contribution in [-0.4, -0.2) is 34.9 Å². The molecule has 1 amide bonds. The third-order valence-electron chi connectivity index (χ3n) is 3.31. The molecule has 0 fully saturated rings. The molecule has 0 saturated carbocycles. The van der Waals surface area contributed by atoms with Crippen LogP contribution in [-0.2, 0) is 22.6 Å². The first kappa shape index (κ1) is 17.1. The topological polar surface area (TPSA) is 56.1 Å². The third-order valence-corrected chi connectivity index (χ3v) is 5.17. The average Bonchev–Trinajstić information content (AvgIpc) is 3.11. The van der Waals surface area contributed by atoms with E-state index >= 15 is 0 Å². The van der Waals surface area contributed by atoms with Gasteiger partial charge >= 0.3 is 0 Å². The Kier molecular flexibility index (Phi) is 6.48. The summed E-state index contributed by atoms with van der Waals surface area (Å²) in [6.45, 7) is 6.00. The number of imidazole rings is 1. The van der Waals surface area contributed by atoms with Gasteiger partial charge in [-0.2, -0.15) is 0 Å². The number of amides is 1. The Bertz CT molecular complexity index is 609. The highest BCUT2D eigenvalue weighted by Gasteiger charge is 2.13. The van der Waals surface area contributed by atoms with E-state index in [4.69, 9.17) is 4.74 Å². The molecule has 0 saturated heterocycles. The van der Waals surface area contributed by atoms with E-state index in [2.05, 4.69) is 14.9 Å². The second kappa shape index (κ2) is 8.36. The molecule has 0 aromatic carbocycles. The average molecular weight is 339 g/mol. The van der Waals surface area contributed by atoms with Gasteiger partial charge in [0.05, 0.1) is 24.6 Å². The van der Waals surface area contributed by atoms with Crippen LogP contribution in [0.4, 0.5) is 0 Å². The Hall–Kier alpha value is -1.31. The Morgan fingerprint density at radius 2 is 2.32 bits per heavy atom. The molecule has 0 aliphatic carbocycles. The van der Waals surface area contributed by atoms with Crippen molar-refractivity contribution in [1.29, 1.82) is 0 Å². The maximum atomic E-state index is 11.9. The van der Waals surface area contributed by atoms with E-state index in [1.807, 2.05) is 31.4 Å². The number of nitrogens with one attached hydrogen (secondary N) is 1. The smallest absolute Gasteiger partial charge is 0.230 e. The first-order valence-corrected chi connectivity index (χ1v) is 8.93. The largest absolute Gasteiger partial charge is 0.383 e. The summed E-state index contributed by atoms with van der Waals surface area (Å²) >= 11 is 3.11. The predicted molar refractivity (Wildman–Crippen MR) is 90.5 cm³/mol. The molecule has 0 aliphatic heterocycles. The number of thioether (sulfide) groups is 1. The van der Waals surface area contributed by atoms with Gasteiger partial charge in [0.1, 0.15) is 0 Å². The number of hydrogen-bond donors (Lipinski definition) is 1. The lowest BCUT2D eigenvalue weighted by atomic mass is 10.4. The number of aryl methyl sites for hydroxylation is 1. The number of thiophene rings is 1. The second-order valence-electron chi connectivity index (χ2n) is 4.85. The minimum atomic E-state index is 0.0231. The fraction of sp³-hybridized carbons (Fsp3) is 0.467. The number of ether oxygens (including phenoxy) is 1. The first-order valence-electron chi connectivity index (χ1n) is 7.06. The molecular weight excluding hydrogens is 318 g/mol. The van der Waals surface area contributed by atoms with Gasteiger partial charge in [-0.15, -0.1) is 11.3 Å². The minimum absolute atomic E-state index is 0.0231. The van der Waals surface area contributed by atoms with Crippen LogP contribution in [0.3, 0.4) is 0 Å². The molecule has 0 spiro atoms. The number of carbonyl (C=O) groups is 1. The van der Waals surface area contributed by atoms with Gasteiger partial charge < -0.3 is 14.6 Å². The zero-order valence-corrected chi connectivity index (χ0v) is 14.7. The number of methoxy groups -OCH3 is 1. The lowest BCUT2D eigenvalue weighted by Gasteiger charge is -2.09. The lowest BCUT2D eigenvalue weighted by Crippen LogP contribution is -2.24. The number of carbonyl (C=O) groups excluding carboxylic acids is 1. The molecule has 2 rings (SSSR count). The molecule has 120 valence electrons. The highest BCUT2D eigenvalue weighted by atomic mass is 32.2. The Morgan fingerprint density at radius 3 is 3.00 bits per heavy atom. The SMILES string of the molecule is COCCn1c(SCC(=O)NCc2cccs2)nc(C)c1C. The molecule has 2 aromatic rings. The van der Waals surface area contributed by atoms with E-state index in [-0.39, 0.29) is 5.91 Å². The quantitative estimate of drug-likeness (QED) is 0.751. The van der Waals surface area contributed by atoms with Crippen LogP contribution in [0.2, 0.25) is 0 Å². The molecule has 22 heavy (non-hydrogen) atoms. The third kappa shape index (κ3) is 4.59. The van der Waals surface area contributed by atoms with Crippen LogP contribution >= 0.6 is 23.1 Å². The minimum Gasteiger partial charge on any atom is -0.383 e. The summed E-state index contributed by atoms with van der Waals surface area (Å²) in [6.07, 6.45) is 0. The van der Waals surface area contributed by atoms with Crippen molar-refractivity contribution in [1.82, 2.24) is 14.9 Å². The van der Waals surface area contributed by atoms with Crippen molar-refractivity contribution in [3.8, 4) is 0 Å². The van der Waals surface area contributed by atoms with Crippen LogP contribution in [0.1, 0.15) is 16.3 Å². The second-order valence-corrected chi connectivity index (χ2v) is 6.83. The summed E-state index contributed by atoms with van der Waals surface area (Å²) < 4.78 is 7.24. The molecule has 0 bridgehead atoms. The predicted octanol–water partition coefficient (Wildman–Crippen LogP) is 2.62. The van der Waals surface area contributed by atoms with Crippen LogP contribution in [0.25, 0.3) is 0 Å². The van der Waals surface area contributed by atoms with Crippen LogP contribution in [0.15, 0.2) is 22.7 Å². The van der Waals surface area contributed by atoms with Crippen molar-refractivity contribution >= 4 is 29.0 Å². The monoisotopic (exact) mass is 339 g/mol. The van der Waals surface area contributed by atoms with Gasteiger partial charge in [-0.05, 0) is 25.3 Å². The maximum Gasteiger partial charge on any atom is 0.230 e. The van der Waals surface area contributed by atoms with Crippen molar-refractivity contribution in [3.05, 3.63) is 33.8 Å². The van der Waals surface area contributed by atoms with Crippen LogP contribution in [0.5, 0.6) is 0 Å².